The summed E-state index contributed by atoms with van der Waals surface area (Å²) in [5, 5.41) is 3.37. The SMILES string of the molecule is Cc1cccc(CCNCc2cc(F)ccc2C)c1. The highest BCUT2D eigenvalue weighted by Crippen LogP contribution is 2.10. The summed E-state index contributed by atoms with van der Waals surface area (Å²) in [6.07, 6.45) is 0.996. The van der Waals surface area contributed by atoms with E-state index in [1.807, 2.05) is 13.0 Å². The molecule has 0 aliphatic rings. The minimum absolute atomic E-state index is 0.166. The van der Waals surface area contributed by atoms with Crippen molar-refractivity contribution in [2.24, 2.45) is 0 Å². The van der Waals surface area contributed by atoms with Gasteiger partial charge in [-0.3, -0.25) is 0 Å². The van der Waals surface area contributed by atoms with Gasteiger partial charge in [0.25, 0.3) is 0 Å². The lowest BCUT2D eigenvalue weighted by atomic mass is 10.1. The maximum absolute atomic E-state index is 13.1. The molecular weight excluding hydrogens is 237 g/mol. The first-order valence-electron chi connectivity index (χ1n) is 6.66. The van der Waals surface area contributed by atoms with E-state index in [9.17, 15) is 4.39 Å². The van der Waals surface area contributed by atoms with Crippen LogP contribution >= 0.6 is 0 Å². The summed E-state index contributed by atoms with van der Waals surface area (Å²) in [5.41, 5.74) is 4.79. The van der Waals surface area contributed by atoms with Crippen LogP contribution in [0.5, 0.6) is 0 Å². The Morgan fingerprint density at radius 2 is 1.89 bits per heavy atom. The van der Waals surface area contributed by atoms with E-state index < -0.39 is 0 Å². The highest BCUT2D eigenvalue weighted by Gasteiger charge is 2.00. The summed E-state index contributed by atoms with van der Waals surface area (Å²) >= 11 is 0. The zero-order valence-corrected chi connectivity index (χ0v) is 11.5. The largest absolute Gasteiger partial charge is 0.312 e. The lowest BCUT2D eigenvalue weighted by Gasteiger charge is -2.08. The summed E-state index contributed by atoms with van der Waals surface area (Å²) in [7, 11) is 0. The Labute approximate surface area is 114 Å². The molecule has 2 rings (SSSR count). The molecular formula is C17H20FN. The fraction of sp³-hybridized carbons (Fsp3) is 0.294. The molecule has 0 bridgehead atoms. The summed E-state index contributed by atoms with van der Waals surface area (Å²) in [4.78, 5) is 0. The number of aryl methyl sites for hydroxylation is 2. The van der Waals surface area contributed by atoms with Crippen molar-refractivity contribution in [2.75, 3.05) is 6.54 Å². The average molecular weight is 257 g/mol. The molecule has 0 radical (unpaired) electrons. The summed E-state index contributed by atoms with van der Waals surface area (Å²) in [6.45, 7) is 5.73. The van der Waals surface area contributed by atoms with E-state index in [0.29, 0.717) is 0 Å². The van der Waals surface area contributed by atoms with Gasteiger partial charge in [-0.1, -0.05) is 35.9 Å². The molecule has 1 nitrogen and oxygen atoms in total. The number of rotatable bonds is 5. The Morgan fingerprint density at radius 3 is 2.68 bits per heavy atom. The Morgan fingerprint density at radius 1 is 1.05 bits per heavy atom. The Balaban J connectivity index is 1.82. The Bertz CT molecular complexity index is 549. The quantitative estimate of drug-likeness (QED) is 0.804. The van der Waals surface area contributed by atoms with Gasteiger partial charge < -0.3 is 5.32 Å². The Kier molecular flexibility index (Phi) is 4.69. The third-order valence-electron chi connectivity index (χ3n) is 3.30. The van der Waals surface area contributed by atoms with Crippen LogP contribution in [0.4, 0.5) is 4.39 Å². The zero-order chi connectivity index (χ0) is 13.7. The molecule has 0 saturated carbocycles. The van der Waals surface area contributed by atoms with Gasteiger partial charge in [0.2, 0.25) is 0 Å². The number of nitrogens with one attached hydrogen (secondary N) is 1. The molecule has 100 valence electrons. The first-order chi connectivity index (χ1) is 9.15. The molecule has 0 heterocycles. The van der Waals surface area contributed by atoms with Gasteiger partial charge in [-0.15, -0.1) is 0 Å². The molecule has 0 amide bonds. The van der Waals surface area contributed by atoms with E-state index in [1.165, 1.54) is 17.2 Å². The number of halogens is 1. The standard InChI is InChI=1S/C17H20FN/c1-13-4-3-5-15(10-13)8-9-19-12-16-11-17(18)7-6-14(16)2/h3-7,10-11,19H,8-9,12H2,1-2H3. The van der Waals surface area contributed by atoms with Crippen molar-refractivity contribution in [1.82, 2.24) is 5.32 Å². The summed E-state index contributed by atoms with van der Waals surface area (Å²) in [6, 6.07) is 13.5. The van der Waals surface area contributed by atoms with Gasteiger partial charge in [-0.25, -0.2) is 4.39 Å². The van der Waals surface area contributed by atoms with Gasteiger partial charge in [0.15, 0.2) is 0 Å². The van der Waals surface area contributed by atoms with Gasteiger partial charge >= 0.3 is 0 Å². The van der Waals surface area contributed by atoms with Crippen LogP contribution < -0.4 is 5.32 Å². The first kappa shape index (κ1) is 13.8. The van der Waals surface area contributed by atoms with Crippen molar-refractivity contribution in [1.29, 1.82) is 0 Å². The molecule has 2 aromatic carbocycles. The predicted octanol–water partition coefficient (Wildman–Crippen LogP) is 3.77. The fourth-order valence-corrected chi connectivity index (χ4v) is 2.15. The molecule has 2 heteroatoms. The van der Waals surface area contributed by atoms with Crippen molar-refractivity contribution in [3.05, 3.63) is 70.5 Å². The highest BCUT2D eigenvalue weighted by molar-refractivity contribution is 5.26. The molecule has 1 N–H and O–H groups in total. The van der Waals surface area contributed by atoms with Gasteiger partial charge in [-0.2, -0.15) is 0 Å². The van der Waals surface area contributed by atoms with Crippen LogP contribution in [0.25, 0.3) is 0 Å². The lowest BCUT2D eigenvalue weighted by molar-refractivity contribution is 0.619. The van der Waals surface area contributed by atoms with Crippen LogP contribution in [0.1, 0.15) is 22.3 Å². The van der Waals surface area contributed by atoms with Crippen molar-refractivity contribution < 1.29 is 4.39 Å². The second-order valence-corrected chi connectivity index (χ2v) is 4.99. The lowest BCUT2D eigenvalue weighted by Crippen LogP contribution is -2.17. The average Bonchev–Trinajstić information content (AvgIpc) is 2.39. The molecule has 0 saturated heterocycles. The van der Waals surface area contributed by atoms with E-state index in [0.717, 1.165) is 30.6 Å². The maximum atomic E-state index is 13.1. The van der Waals surface area contributed by atoms with Crippen LogP contribution in [0.15, 0.2) is 42.5 Å². The molecule has 0 aromatic heterocycles. The highest BCUT2D eigenvalue weighted by atomic mass is 19.1. The number of hydrogen-bond donors (Lipinski definition) is 1. The smallest absolute Gasteiger partial charge is 0.123 e. The maximum Gasteiger partial charge on any atom is 0.123 e. The molecule has 0 fully saturated rings. The summed E-state index contributed by atoms with van der Waals surface area (Å²) < 4.78 is 13.1. The second-order valence-electron chi connectivity index (χ2n) is 4.99. The van der Waals surface area contributed by atoms with E-state index >= 15 is 0 Å². The first-order valence-corrected chi connectivity index (χ1v) is 6.66. The molecule has 2 aromatic rings. The molecule has 0 atom stereocenters. The van der Waals surface area contributed by atoms with E-state index in [4.69, 9.17) is 0 Å². The topological polar surface area (TPSA) is 12.0 Å². The van der Waals surface area contributed by atoms with Crippen molar-refractivity contribution in [3.8, 4) is 0 Å². The number of benzene rings is 2. The van der Waals surface area contributed by atoms with Crippen molar-refractivity contribution in [3.63, 3.8) is 0 Å². The van der Waals surface area contributed by atoms with Gasteiger partial charge in [0, 0.05) is 6.54 Å². The molecule has 19 heavy (non-hydrogen) atoms. The normalized spacial score (nSPS) is 10.7. The van der Waals surface area contributed by atoms with Crippen LogP contribution in [-0.2, 0) is 13.0 Å². The van der Waals surface area contributed by atoms with Crippen molar-refractivity contribution >= 4 is 0 Å². The molecule has 0 unspecified atom stereocenters. The monoisotopic (exact) mass is 257 g/mol. The summed E-state index contributed by atoms with van der Waals surface area (Å²) in [5.74, 6) is -0.166. The van der Waals surface area contributed by atoms with Gasteiger partial charge in [0.05, 0.1) is 0 Å². The Hall–Kier alpha value is -1.67. The van der Waals surface area contributed by atoms with E-state index in [2.05, 4.69) is 36.5 Å². The third kappa shape index (κ3) is 4.18. The molecule has 0 aliphatic heterocycles. The molecule has 0 aliphatic carbocycles. The second kappa shape index (κ2) is 6.48. The zero-order valence-electron chi connectivity index (χ0n) is 11.5. The van der Waals surface area contributed by atoms with Crippen LogP contribution in [0, 0.1) is 19.7 Å². The minimum atomic E-state index is -0.166. The van der Waals surface area contributed by atoms with Crippen LogP contribution in [0.3, 0.4) is 0 Å². The van der Waals surface area contributed by atoms with E-state index in [-0.39, 0.29) is 5.82 Å². The van der Waals surface area contributed by atoms with Gasteiger partial charge in [-0.05, 0) is 55.6 Å². The van der Waals surface area contributed by atoms with E-state index in [1.54, 1.807) is 6.07 Å². The van der Waals surface area contributed by atoms with Crippen molar-refractivity contribution in [2.45, 2.75) is 26.8 Å². The van der Waals surface area contributed by atoms with Crippen LogP contribution in [0.2, 0.25) is 0 Å². The van der Waals surface area contributed by atoms with Gasteiger partial charge in [0.1, 0.15) is 5.82 Å². The number of hydrogen-bond acceptors (Lipinski definition) is 1. The van der Waals surface area contributed by atoms with Crippen LogP contribution in [-0.4, -0.2) is 6.54 Å². The minimum Gasteiger partial charge on any atom is -0.312 e. The fourth-order valence-electron chi connectivity index (χ4n) is 2.15. The predicted molar refractivity (Wildman–Crippen MR) is 77.7 cm³/mol. The molecule has 0 spiro atoms. The third-order valence-corrected chi connectivity index (χ3v) is 3.30.